The minimum atomic E-state index is -0.745. The molecule has 34 heavy (non-hydrogen) atoms. The number of carboxylic acids is 1. The fraction of sp³-hybridized carbons (Fsp3) is 0.462. The predicted octanol–water partition coefficient (Wildman–Crippen LogP) is 4.38. The average molecular weight is 490 g/mol. The minimum Gasteiger partial charge on any atom is -0.481 e. The summed E-state index contributed by atoms with van der Waals surface area (Å²) in [6.07, 6.45) is 2.57. The molecule has 2 aromatic carbocycles. The number of hydrogen-bond donors (Lipinski definition) is 3. The number of nitrogens with one attached hydrogen (secondary N) is 2. The SMILES string of the molecule is CC(C)N(C)Cc1ccc(CNc2c(Cl)ccc3c2CCNCC3)cc1.CCC(=O)O.O=C=O. The van der Waals surface area contributed by atoms with Gasteiger partial charge < -0.3 is 15.7 Å². The van der Waals surface area contributed by atoms with Crippen LogP contribution >= 0.6 is 11.6 Å². The second-order valence-electron chi connectivity index (χ2n) is 8.32. The van der Waals surface area contributed by atoms with E-state index in [4.69, 9.17) is 26.3 Å². The third kappa shape index (κ3) is 10.5. The Balaban J connectivity index is 0.000000629. The topological polar surface area (TPSA) is 98.7 Å². The second kappa shape index (κ2) is 16.0. The molecule has 2 aromatic rings. The first-order chi connectivity index (χ1) is 16.2. The molecule has 0 atom stereocenters. The van der Waals surface area contributed by atoms with Gasteiger partial charge in [-0.05, 0) is 75.1 Å². The fourth-order valence-electron chi connectivity index (χ4n) is 3.36. The van der Waals surface area contributed by atoms with Gasteiger partial charge in [-0.25, -0.2) is 0 Å². The maximum Gasteiger partial charge on any atom is 0.373 e. The zero-order chi connectivity index (χ0) is 25.5. The maximum absolute atomic E-state index is 9.37. The largest absolute Gasteiger partial charge is 0.481 e. The molecule has 0 spiro atoms. The number of aliphatic carboxylic acids is 1. The van der Waals surface area contributed by atoms with Crippen LogP contribution in [0.4, 0.5) is 5.69 Å². The number of halogens is 1. The monoisotopic (exact) mass is 489 g/mol. The van der Waals surface area contributed by atoms with E-state index in [9.17, 15) is 4.79 Å². The summed E-state index contributed by atoms with van der Waals surface area (Å²) in [6, 6.07) is 13.6. The summed E-state index contributed by atoms with van der Waals surface area (Å²) in [6.45, 7) is 9.88. The Morgan fingerprint density at radius 3 is 2.24 bits per heavy atom. The van der Waals surface area contributed by atoms with Crippen LogP contribution in [-0.4, -0.2) is 48.3 Å². The molecule has 7 nitrogen and oxygen atoms in total. The molecule has 0 fully saturated rings. The number of carboxylic acid groups (broad SMARTS) is 1. The molecule has 1 aliphatic rings. The van der Waals surface area contributed by atoms with E-state index < -0.39 is 5.97 Å². The summed E-state index contributed by atoms with van der Waals surface area (Å²) in [7, 11) is 2.16. The maximum atomic E-state index is 9.37. The molecule has 0 amide bonds. The van der Waals surface area contributed by atoms with Crippen LogP contribution in [0.1, 0.15) is 49.4 Å². The van der Waals surface area contributed by atoms with Gasteiger partial charge in [-0.2, -0.15) is 9.59 Å². The van der Waals surface area contributed by atoms with Gasteiger partial charge >= 0.3 is 12.1 Å². The van der Waals surface area contributed by atoms with Gasteiger partial charge in [0.25, 0.3) is 0 Å². The Kier molecular flexibility index (Phi) is 13.8. The van der Waals surface area contributed by atoms with Gasteiger partial charge in [0.15, 0.2) is 0 Å². The first-order valence-electron chi connectivity index (χ1n) is 11.5. The molecule has 0 aliphatic carbocycles. The van der Waals surface area contributed by atoms with Crippen molar-refractivity contribution in [2.75, 3.05) is 25.5 Å². The molecular weight excluding hydrogens is 454 g/mol. The molecule has 8 heteroatoms. The third-order valence-corrected chi connectivity index (χ3v) is 5.91. The Hall–Kier alpha value is -2.70. The van der Waals surface area contributed by atoms with Crippen molar-refractivity contribution >= 4 is 29.4 Å². The van der Waals surface area contributed by atoms with Crippen molar-refractivity contribution in [3.8, 4) is 0 Å². The standard InChI is InChI=1S/C22H30ClN3.C3H6O2.CO2/c1-16(2)26(3)15-18-6-4-17(5-7-18)14-25-22-20-11-13-24-12-10-19(20)8-9-21(22)23;1-2-3(4)5;2-1-3/h4-9,16,24-25H,10-15H2,1-3H3;2H2,1H3,(H,4,5);. The third-order valence-electron chi connectivity index (χ3n) is 5.59. The van der Waals surface area contributed by atoms with Crippen LogP contribution in [0.15, 0.2) is 36.4 Å². The summed E-state index contributed by atoms with van der Waals surface area (Å²) in [4.78, 5) is 28.0. The lowest BCUT2D eigenvalue weighted by atomic mass is 10.0. The summed E-state index contributed by atoms with van der Waals surface area (Å²) < 4.78 is 0. The number of rotatable bonds is 7. The molecular formula is C26H36ClN3O4. The first-order valence-corrected chi connectivity index (χ1v) is 11.8. The number of carbonyl (C=O) groups is 1. The van der Waals surface area contributed by atoms with Gasteiger partial charge in [0.2, 0.25) is 0 Å². The van der Waals surface area contributed by atoms with Gasteiger partial charge in [0.1, 0.15) is 0 Å². The molecule has 1 heterocycles. The van der Waals surface area contributed by atoms with Crippen LogP contribution in [0.25, 0.3) is 0 Å². The Labute approximate surface area is 207 Å². The first kappa shape index (κ1) is 29.3. The molecule has 0 saturated heterocycles. The van der Waals surface area contributed by atoms with E-state index in [0.29, 0.717) is 6.04 Å². The van der Waals surface area contributed by atoms with Crippen LogP contribution in [0, 0.1) is 0 Å². The highest BCUT2D eigenvalue weighted by molar-refractivity contribution is 6.33. The Morgan fingerprint density at radius 1 is 1.12 bits per heavy atom. The van der Waals surface area contributed by atoms with Gasteiger partial charge in [-0.3, -0.25) is 9.69 Å². The van der Waals surface area contributed by atoms with Crippen molar-refractivity contribution in [3.63, 3.8) is 0 Å². The minimum absolute atomic E-state index is 0.222. The lowest BCUT2D eigenvalue weighted by Crippen LogP contribution is -2.25. The molecule has 0 bridgehead atoms. The van der Waals surface area contributed by atoms with E-state index >= 15 is 0 Å². The van der Waals surface area contributed by atoms with Crippen molar-refractivity contribution in [2.45, 2.75) is 59.2 Å². The lowest BCUT2D eigenvalue weighted by Gasteiger charge is -2.21. The van der Waals surface area contributed by atoms with Gasteiger partial charge in [0, 0.05) is 25.6 Å². The smallest absolute Gasteiger partial charge is 0.373 e. The van der Waals surface area contributed by atoms with Crippen LogP contribution in [-0.2, 0) is 40.3 Å². The predicted molar refractivity (Wildman–Crippen MR) is 135 cm³/mol. The quantitative estimate of drug-likeness (QED) is 0.530. The molecule has 0 saturated carbocycles. The summed E-state index contributed by atoms with van der Waals surface area (Å²) in [5.41, 5.74) is 6.52. The molecule has 0 radical (unpaired) electrons. The van der Waals surface area contributed by atoms with Crippen molar-refractivity contribution in [3.05, 3.63) is 63.7 Å². The normalized spacial score (nSPS) is 12.3. The van der Waals surface area contributed by atoms with Crippen molar-refractivity contribution in [2.24, 2.45) is 0 Å². The number of nitrogens with zero attached hydrogens (tertiary/aromatic N) is 1. The molecule has 0 unspecified atom stereocenters. The Morgan fingerprint density at radius 2 is 1.68 bits per heavy atom. The highest BCUT2D eigenvalue weighted by atomic mass is 35.5. The molecule has 3 rings (SSSR count). The Bertz CT molecular complexity index is 926. The molecule has 186 valence electrons. The summed E-state index contributed by atoms with van der Waals surface area (Å²) in [5, 5.41) is 15.6. The number of carbonyl (C=O) groups excluding carboxylic acids is 2. The zero-order valence-corrected chi connectivity index (χ0v) is 21.2. The van der Waals surface area contributed by atoms with Gasteiger partial charge in [-0.1, -0.05) is 48.9 Å². The highest BCUT2D eigenvalue weighted by Gasteiger charge is 2.14. The van der Waals surface area contributed by atoms with Crippen molar-refractivity contribution < 1.29 is 19.5 Å². The molecule has 0 aromatic heterocycles. The summed E-state index contributed by atoms with van der Waals surface area (Å²) >= 11 is 6.50. The van der Waals surface area contributed by atoms with Crippen LogP contribution in [0.3, 0.4) is 0 Å². The van der Waals surface area contributed by atoms with E-state index in [1.54, 1.807) is 6.92 Å². The zero-order valence-electron chi connectivity index (χ0n) is 20.5. The second-order valence-corrected chi connectivity index (χ2v) is 8.73. The van der Waals surface area contributed by atoms with E-state index in [-0.39, 0.29) is 12.6 Å². The van der Waals surface area contributed by atoms with E-state index in [0.717, 1.165) is 49.7 Å². The highest BCUT2D eigenvalue weighted by Crippen LogP contribution is 2.31. The van der Waals surface area contributed by atoms with Crippen LogP contribution in [0.2, 0.25) is 5.02 Å². The van der Waals surface area contributed by atoms with Crippen molar-refractivity contribution in [1.82, 2.24) is 10.2 Å². The molecule has 1 aliphatic heterocycles. The number of hydrogen-bond acceptors (Lipinski definition) is 6. The number of fused-ring (bicyclic) bond motifs is 1. The number of benzene rings is 2. The average Bonchev–Trinajstić information content (AvgIpc) is 3.06. The summed E-state index contributed by atoms with van der Waals surface area (Å²) in [5.74, 6) is -0.745. The molecule has 3 N–H and O–H groups in total. The van der Waals surface area contributed by atoms with Gasteiger partial charge in [0.05, 0.1) is 10.7 Å². The van der Waals surface area contributed by atoms with Gasteiger partial charge in [-0.15, -0.1) is 0 Å². The van der Waals surface area contributed by atoms with E-state index in [2.05, 4.69) is 66.8 Å². The fourth-order valence-corrected chi connectivity index (χ4v) is 3.60. The van der Waals surface area contributed by atoms with Crippen LogP contribution in [0.5, 0.6) is 0 Å². The van der Waals surface area contributed by atoms with E-state index in [1.165, 1.54) is 22.3 Å². The number of anilines is 1. The van der Waals surface area contributed by atoms with Crippen LogP contribution < -0.4 is 10.6 Å². The lowest BCUT2D eigenvalue weighted by molar-refractivity contribution is -0.191. The van der Waals surface area contributed by atoms with Crippen molar-refractivity contribution in [1.29, 1.82) is 0 Å². The van der Waals surface area contributed by atoms with E-state index in [1.807, 2.05) is 6.07 Å².